The number of rotatable bonds is 13. The number of nitrogens with one attached hydrogen (secondary N) is 1. The molecule has 41 heavy (non-hydrogen) atoms. The zero-order valence-corrected chi connectivity index (χ0v) is 24.4. The number of fused-ring (bicyclic) bond motifs is 4. The molecule has 10 nitrogen and oxygen atoms in total. The van der Waals surface area contributed by atoms with Gasteiger partial charge in [-0.3, -0.25) is 10.0 Å². The maximum Gasteiger partial charge on any atom is 0.243 e. The van der Waals surface area contributed by atoms with Crippen molar-refractivity contribution < 1.29 is 19.5 Å². The van der Waals surface area contributed by atoms with Gasteiger partial charge >= 0.3 is 0 Å². The predicted molar refractivity (Wildman–Crippen MR) is 160 cm³/mol. The number of hydroxylamine groups is 1. The summed E-state index contributed by atoms with van der Waals surface area (Å²) in [6.07, 6.45) is 6.47. The molecule has 0 saturated carbocycles. The zero-order valence-electron chi connectivity index (χ0n) is 23.6. The van der Waals surface area contributed by atoms with Crippen molar-refractivity contribution in [2.24, 2.45) is 9.98 Å². The minimum atomic E-state index is -0.350. The van der Waals surface area contributed by atoms with Crippen LogP contribution in [0.25, 0.3) is 0 Å². The molecular formula is C30H39ClN6O4. The first-order valence-electron chi connectivity index (χ1n) is 14.5. The Morgan fingerprint density at radius 2 is 1.73 bits per heavy atom. The first-order chi connectivity index (χ1) is 20.0. The minimum Gasteiger partial charge on any atom is -0.490 e. The summed E-state index contributed by atoms with van der Waals surface area (Å²) in [5.41, 5.74) is 5.34. The van der Waals surface area contributed by atoms with Gasteiger partial charge in [0.1, 0.15) is 5.84 Å². The number of nitrogens with zero attached hydrogens (tertiary/aromatic N) is 5. The topological polar surface area (TPSA) is 102 Å². The second-order valence-electron chi connectivity index (χ2n) is 10.8. The number of hydrogen-bond acceptors (Lipinski definition) is 9. The maximum absolute atomic E-state index is 11.2. The van der Waals surface area contributed by atoms with E-state index in [0.29, 0.717) is 42.7 Å². The molecular weight excluding hydrogens is 544 g/mol. The third kappa shape index (κ3) is 7.77. The Hall–Kier alpha value is -3.18. The second-order valence-corrected chi connectivity index (χ2v) is 11.2. The van der Waals surface area contributed by atoms with Crippen molar-refractivity contribution in [2.75, 3.05) is 53.0 Å². The molecule has 1 amide bonds. The maximum atomic E-state index is 11.2. The number of aliphatic imine (C=N–C) groups is 2. The van der Waals surface area contributed by atoms with Crippen molar-refractivity contribution in [1.82, 2.24) is 20.2 Å². The largest absolute Gasteiger partial charge is 0.490 e. The zero-order chi connectivity index (χ0) is 28.6. The SMILES string of the molecule is CN1CCN(CCCOc2cc3c(cc2OCCCCCCC(=O)NO)C2=Nc4cc(Cl)ccc4CN2C=N3)CC1. The third-order valence-electron chi connectivity index (χ3n) is 7.68. The molecule has 0 spiro atoms. The van der Waals surface area contributed by atoms with E-state index < -0.39 is 0 Å². The van der Waals surface area contributed by atoms with Gasteiger partial charge in [0.15, 0.2) is 11.5 Å². The molecule has 1 saturated heterocycles. The molecule has 2 aromatic carbocycles. The van der Waals surface area contributed by atoms with E-state index in [1.807, 2.05) is 41.6 Å². The summed E-state index contributed by atoms with van der Waals surface area (Å²) in [6.45, 7) is 7.20. The number of carbonyl (C=O) groups is 1. The van der Waals surface area contributed by atoms with Crippen molar-refractivity contribution in [1.29, 1.82) is 0 Å². The Morgan fingerprint density at radius 3 is 2.54 bits per heavy atom. The summed E-state index contributed by atoms with van der Waals surface area (Å²) in [6, 6.07) is 9.74. The standard InChI is InChI=1S/C30H39ClN6O4/c1-35-11-13-36(14-12-35)10-6-16-41-28-19-26-24(18-27(28)40-15-5-3-2-4-7-29(38)34-39)30-33-25-17-23(31)9-8-22(25)20-37(30)21-32-26/h8-9,17-19,21,39H,2-7,10-16,20H2,1H3,(H,34,38). The van der Waals surface area contributed by atoms with Crippen LogP contribution >= 0.6 is 11.6 Å². The molecule has 11 heteroatoms. The molecule has 220 valence electrons. The van der Waals surface area contributed by atoms with Gasteiger partial charge in [-0.25, -0.2) is 15.5 Å². The van der Waals surface area contributed by atoms with Gasteiger partial charge in [-0.2, -0.15) is 0 Å². The van der Waals surface area contributed by atoms with Crippen molar-refractivity contribution in [3.8, 4) is 11.5 Å². The summed E-state index contributed by atoms with van der Waals surface area (Å²) < 4.78 is 12.6. The monoisotopic (exact) mass is 582 g/mol. The molecule has 0 aromatic heterocycles. The van der Waals surface area contributed by atoms with E-state index in [1.165, 1.54) is 0 Å². The summed E-state index contributed by atoms with van der Waals surface area (Å²) in [5, 5.41) is 9.30. The Bertz CT molecular complexity index is 1280. The van der Waals surface area contributed by atoms with E-state index in [4.69, 9.17) is 36.3 Å². The molecule has 0 radical (unpaired) electrons. The van der Waals surface area contributed by atoms with Gasteiger partial charge in [-0.1, -0.05) is 30.5 Å². The van der Waals surface area contributed by atoms with E-state index in [2.05, 4.69) is 16.8 Å². The second kappa shape index (κ2) is 14.1. The van der Waals surface area contributed by atoms with Gasteiger partial charge in [0.2, 0.25) is 5.91 Å². The van der Waals surface area contributed by atoms with Crippen LogP contribution in [0.4, 0.5) is 11.4 Å². The van der Waals surface area contributed by atoms with Crippen molar-refractivity contribution >= 4 is 41.1 Å². The smallest absolute Gasteiger partial charge is 0.243 e. The summed E-state index contributed by atoms with van der Waals surface area (Å²) in [5.74, 6) is 1.84. The molecule has 3 aliphatic heterocycles. The average molecular weight is 583 g/mol. The van der Waals surface area contributed by atoms with E-state index in [1.54, 1.807) is 5.48 Å². The molecule has 0 unspecified atom stereocenters. The van der Waals surface area contributed by atoms with Crippen LogP contribution < -0.4 is 15.0 Å². The lowest BCUT2D eigenvalue weighted by molar-refractivity contribution is -0.129. The van der Waals surface area contributed by atoms with Crippen LogP contribution in [0.3, 0.4) is 0 Å². The predicted octanol–water partition coefficient (Wildman–Crippen LogP) is 4.76. The fraction of sp³-hybridized carbons (Fsp3) is 0.500. The fourth-order valence-electron chi connectivity index (χ4n) is 5.24. The van der Waals surface area contributed by atoms with Crippen LogP contribution in [0, 0.1) is 0 Å². The quantitative estimate of drug-likeness (QED) is 0.199. The molecule has 3 aliphatic rings. The van der Waals surface area contributed by atoms with E-state index in [9.17, 15) is 4.79 Å². The number of hydrogen-bond donors (Lipinski definition) is 2. The summed E-state index contributed by atoms with van der Waals surface area (Å²) in [4.78, 5) is 27.8. The highest BCUT2D eigenvalue weighted by atomic mass is 35.5. The van der Waals surface area contributed by atoms with E-state index in [0.717, 1.165) is 93.2 Å². The number of unbranched alkanes of at least 4 members (excludes halogenated alkanes) is 3. The number of likely N-dealkylation sites (N-methyl/N-ethyl adjacent to an activating group) is 1. The number of benzene rings is 2. The van der Waals surface area contributed by atoms with Gasteiger partial charge in [0.25, 0.3) is 0 Å². The first kappa shape index (κ1) is 29.3. The Morgan fingerprint density at radius 1 is 0.976 bits per heavy atom. The van der Waals surface area contributed by atoms with Crippen LogP contribution in [0.15, 0.2) is 40.3 Å². The Labute approximate surface area is 246 Å². The lowest BCUT2D eigenvalue weighted by Crippen LogP contribution is -2.44. The lowest BCUT2D eigenvalue weighted by Gasteiger charge is -2.32. The number of piperazine rings is 1. The van der Waals surface area contributed by atoms with Crippen LogP contribution in [-0.2, 0) is 11.3 Å². The highest BCUT2D eigenvalue weighted by molar-refractivity contribution is 6.31. The van der Waals surface area contributed by atoms with E-state index >= 15 is 0 Å². The number of ether oxygens (including phenoxy) is 2. The molecule has 1 fully saturated rings. The first-order valence-corrected chi connectivity index (χ1v) is 14.8. The minimum absolute atomic E-state index is 0.321. The van der Waals surface area contributed by atoms with Gasteiger partial charge in [-0.05, 0) is 50.1 Å². The van der Waals surface area contributed by atoms with Crippen molar-refractivity contribution in [2.45, 2.75) is 45.1 Å². The van der Waals surface area contributed by atoms with Crippen LogP contribution in [0.5, 0.6) is 11.5 Å². The lowest BCUT2D eigenvalue weighted by atomic mass is 10.0. The van der Waals surface area contributed by atoms with E-state index in [-0.39, 0.29) is 5.91 Å². The Balaban J connectivity index is 1.26. The number of amidine groups is 1. The van der Waals surface area contributed by atoms with Gasteiger partial charge in [0.05, 0.1) is 37.5 Å². The average Bonchev–Trinajstić information content (AvgIpc) is 2.98. The summed E-state index contributed by atoms with van der Waals surface area (Å²) in [7, 11) is 2.17. The third-order valence-corrected chi connectivity index (χ3v) is 7.91. The molecule has 2 N–H and O–H groups in total. The van der Waals surface area contributed by atoms with Crippen LogP contribution in [0.1, 0.15) is 49.7 Å². The number of carbonyl (C=O) groups excluding carboxylic acids is 1. The highest BCUT2D eigenvalue weighted by Crippen LogP contribution is 2.40. The summed E-state index contributed by atoms with van der Waals surface area (Å²) >= 11 is 6.26. The van der Waals surface area contributed by atoms with Crippen LogP contribution in [-0.4, -0.2) is 91.0 Å². The molecule has 0 bridgehead atoms. The van der Waals surface area contributed by atoms with Crippen molar-refractivity contribution in [3.63, 3.8) is 0 Å². The normalized spacial score (nSPS) is 16.5. The number of halogens is 1. The molecule has 0 aliphatic carbocycles. The van der Waals surface area contributed by atoms with Crippen LogP contribution in [0.2, 0.25) is 5.02 Å². The van der Waals surface area contributed by atoms with Gasteiger partial charge in [0, 0.05) is 55.8 Å². The number of amides is 1. The molecule has 3 heterocycles. The highest BCUT2D eigenvalue weighted by Gasteiger charge is 2.27. The van der Waals surface area contributed by atoms with Gasteiger partial charge in [-0.15, -0.1) is 0 Å². The van der Waals surface area contributed by atoms with Gasteiger partial charge < -0.3 is 24.2 Å². The molecule has 0 atom stereocenters. The fourth-order valence-corrected chi connectivity index (χ4v) is 5.40. The molecule has 5 rings (SSSR count). The molecule has 2 aromatic rings. The van der Waals surface area contributed by atoms with Crippen molar-refractivity contribution in [3.05, 3.63) is 46.5 Å². The Kier molecular flexibility index (Phi) is 10.1.